The molecule has 0 radical (unpaired) electrons. The molecule has 3 rings (SSSR count). The minimum Gasteiger partial charge on any atom is -0.338 e. The van der Waals surface area contributed by atoms with Gasteiger partial charge in [-0.25, -0.2) is 9.97 Å². The van der Waals surface area contributed by atoms with Crippen molar-refractivity contribution in [3.05, 3.63) is 47.3 Å². The van der Waals surface area contributed by atoms with Gasteiger partial charge in [-0.1, -0.05) is 18.2 Å². The Morgan fingerprint density at radius 2 is 1.96 bits per heavy atom. The fraction of sp³-hybridized carbons (Fsp3) is 0.421. The quantitative estimate of drug-likeness (QED) is 0.865. The van der Waals surface area contributed by atoms with Crippen molar-refractivity contribution < 1.29 is 4.79 Å². The monoisotopic (exact) mass is 324 g/mol. The van der Waals surface area contributed by atoms with Crippen LogP contribution in [0.15, 0.2) is 30.3 Å². The average molecular weight is 324 g/mol. The highest BCUT2D eigenvalue weighted by atomic mass is 16.2. The van der Waals surface area contributed by atoms with Gasteiger partial charge in [-0.15, -0.1) is 0 Å². The molecule has 1 amide bonds. The van der Waals surface area contributed by atoms with Crippen molar-refractivity contribution in [2.75, 3.05) is 24.5 Å². The van der Waals surface area contributed by atoms with Crippen molar-refractivity contribution in [2.24, 2.45) is 0 Å². The smallest absolute Gasteiger partial charge is 0.272 e. The zero-order valence-electron chi connectivity index (χ0n) is 14.6. The van der Waals surface area contributed by atoms with E-state index in [0.717, 1.165) is 30.8 Å². The average Bonchev–Trinajstić information content (AvgIpc) is 2.61. The van der Waals surface area contributed by atoms with Crippen molar-refractivity contribution >= 4 is 17.5 Å². The van der Waals surface area contributed by atoms with Crippen LogP contribution in [0.2, 0.25) is 0 Å². The van der Waals surface area contributed by atoms with Crippen LogP contribution in [0.25, 0.3) is 0 Å². The predicted octanol–water partition coefficient (Wildman–Crippen LogP) is 3.35. The van der Waals surface area contributed by atoms with Crippen LogP contribution < -0.4 is 4.90 Å². The largest absolute Gasteiger partial charge is 0.338 e. The summed E-state index contributed by atoms with van der Waals surface area (Å²) in [7, 11) is 0. The van der Waals surface area contributed by atoms with E-state index in [4.69, 9.17) is 0 Å². The molecule has 1 aliphatic rings. The van der Waals surface area contributed by atoms with Gasteiger partial charge < -0.3 is 9.80 Å². The zero-order valence-corrected chi connectivity index (χ0v) is 14.6. The topological polar surface area (TPSA) is 49.3 Å². The molecule has 0 bridgehead atoms. The third-order valence-corrected chi connectivity index (χ3v) is 4.46. The third-order valence-electron chi connectivity index (χ3n) is 4.46. The van der Waals surface area contributed by atoms with Gasteiger partial charge in [0.15, 0.2) is 0 Å². The Balaban J connectivity index is 2.00. The highest BCUT2D eigenvalue weighted by molar-refractivity contribution is 5.92. The molecule has 5 heteroatoms. The first-order valence-corrected chi connectivity index (χ1v) is 8.64. The molecule has 0 atom stereocenters. The van der Waals surface area contributed by atoms with Gasteiger partial charge in [0.25, 0.3) is 5.91 Å². The summed E-state index contributed by atoms with van der Waals surface area (Å²) in [6, 6.07) is 10.1. The molecule has 1 aromatic heterocycles. The summed E-state index contributed by atoms with van der Waals surface area (Å²) in [6.07, 6.45) is 2.14. The molecule has 0 saturated heterocycles. The maximum atomic E-state index is 12.7. The Morgan fingerprint density at radius 1 is 1.21 bits per heavy atom. The second-order valence-electron chi connectivity index (χ2n) is 6.06. The lowest BCUT2D eigenvalue weighted by molar-refractivity contribution is 0.0767. The SMILES string of the molecule is CCN(CC)C(=O)c1cc(C)nc(N2CCCc3ccccc32)n1. The van der Waals surface area contributed by atoms with Crippen molar-refractivity contribution in [1.29, 1.82) is 0 Å². The fourth-order valence-electron chi connectivity index (χ4n) is 3.20. The molecule has 0 spiro atoms. The lowest BCUT2D eigenvalue weighted by Crippen LogP contribution is -2.32. The number of anilines is 2. The number of hydrogen-bond donors (Lipinski definition) is 0. The highest BCUT2D eigenvalue weighted by Gasteiger charge is 2.22. The summed E-state index contributed by atoms with van der Waals surface area (Å²) in [5.41, 5.74) is 3.75. The highest BCUT2D eigenvalue weighted by Crippen LogP contribution is 2.31. The Labute approximate surface area is 143 Å². The number of para-hydroxylation sites is 1. The molecule has 0 aliphatic carbocycles. The lowest BCUT2D eigenvalue weighted by Gasteiger charge is -2.30. The first kappa shape index (κ1) is 16.4. The van der Waals surface area contributed by atoms with Gasteiger partial charge in [0.05, 0.1) is 0 Å². The molecule has 24 heavy (non-hydrogen) atoms. The van der Waals surface area contributed by atoms with Crippen LogP contribution in [0.3, 0.4) is 0 Å². The first-order chi connectivity index (χ1) is 11.6. The number of fused-ring (bicyclic) bond motifs is 1. The summed E-state index contributed by atoms with van der Waals surface area (Å²) < 4.78 is 0. The van der Waals surface area contributed by atoms with E-state index in [1.54, 1.807) is 11.0 Å². The van der Waals surface area contributed by atoms with E-state index in [1.165, 1.54) is 5.56 Å². The van der Waals surface area contributed by atoms with Crippen LogP contribution in [-0.2, 0) is 6.42 Å². The minimum atomic E-state index is -0.0305. The number of aromatic nitrogens is 2. The molecular formula is C19H24N4O. The third kappa shape index (κ3) is 3.11. The van der Waals surface area contributed by atoms with Crippen molar-refractivity contribution in [3.8, 4) is 0 Å². The molecule has 2 heterocycles. The van der Waals surface area contributed by atoms with E-state index < -0.39 is 0 Å². The second-order valence-corrected chi connectivity index (χ2v) is 6.06. The number of aryl methyl sites for hydroxylation is 2. The molecule has 0 unspecified atom stereocenters. The Morgan fingerprint density at radius 3 is 2.71 bits per heavy atom. The minimum absolute atomic E-state index is 0.0305. The Hall–Kier alpha value is -2.43. The van der Waals surface area contributed by atoms with Crippen molar-refractivity contribution in [3.63, 3.8) is 0 Å². The van der Waals surface area contributed by atoms with Crippen molar-refractivity contribution in [1.82, 2.24) is 14.9 Å². The first-order valence-electron chi connectivity index (χ1n) is 8.64. The van der Waals surface area contributed by atoms with E-state index >= 15 is 0 Å². The second kappa shape index (κ2) is 6.99. The molecule has 0 fully saturated rings. The van der Waals surface area contributed by atoms with Crippen LogP contribution >= 0.6 is 0 Å². The van der Waals surface area contributed by atoms with Crippen LogP contribution in [0.4, 0.5) is 11.6 Å². The van der Waals surface area contributed by atoms with E-state index in [1.807, 2.05) is 26.8 Å². The summed E-state index contributed by atoms with van der Waals surface area (Å²) in [6.45, 7) is 8.12. The Kier molecular flexibility index (Phi) is 4.79. The number of amides is 1. The molecule has 126 valence electrons. The molecule has 0 N–H and O–H groups in total. The van der Waals surface area contributed by atoms with E-state index in [9.17, 15) is 4.79 Å². The van der Waals surface area contributed by atoms with Crippen LogP contribution in [-0.4, -0.2) is 40.4 Å². The summed E-state index contributed by atoms with van der Waals surface area (Å²) in [5.74, 6) is 0.592. The molecular weight excluding hydrogens is 300 g/mol. The van der Waals surface area contributed by atoms with E-state index in [-0.39, 0.29) is 5.91 Å². The number of nitrogens with zero attached hydrogens (tertiary/aromatic N) is 4. The standard InChI is InChI=1S/C19H24N4O/c1-4-22(5-2)18(24)16-13-14(3)20-19(21-16)23-12-8-10-15-9-6-7-11-17(15)23/h6-7,9,11,13H,4-5,8,10,12H2,1-3H3. The van der Waals surface area contributed by atoms with Crippen LogP contribution in [0, 0.1) is 6.92 Å². The Bertz CT molecular complexity index is 740. The van der Waals surface area contributed by atoms with Gasteiger partial charge in [-0.3, -0.25) is 4.79 Å². The van der Waals surface area contributed by atoms with Gasteiger partial charge in [0.2, 0.25) is 5.95 Å². The predicted molar refractivity (Wildman–Crippen MR) is 95.8 cm³/mol. The van der Waals surface area contributed by atoms with Gasteiger partial charge >= 0.3 is 0 Å². The van der Waals surface area contributed by atoms with Gasteiger partial charge in [0.1, 0.15) is 5.69 Å². The van der Waals surface area contributed by atoms with Gasteiger partial charge in [-0.05, 0) is 51.3 Å². The molecule has 0 saturated carbocycles. The maximum absolute atomic E-state index is 12.7. The van der Waals surface area contributed by atoms with E-state index in [2.05, 4.69) is 33.1 Å². The number of hydrogen-bond acceptors (Lipinski definition) is 4. The normalized spacial score (nSPS) is 13.5. The zero-order chi connectivity index (χ0) is 17.1. The maximum Gasteiger partial charge on any atom is 0.272 e. The van der Waals surface area contributed by atoms with Crippen LogP contribution in [0.1, 0.15) is 42.0 Å². The van der Waals surface area contributed by atoms with Gasteiger partial charge in [0, 0.05) is 31.0 Å². The molecule has 5 nitrogen and oxygen atoms in total. The van der Waals surface area contributed by atoms with E-state index in [0.29, 0.717) is 24.7 Å². The number of carbonyl (C=O) groups is 1. The van der Waals surface area contributed by atoms with Crippen molar-refractivity contribution in [2.45, 2.75) is 33.6 Å². The molecule has 1 aromatic carbocycles. The summed E-state index contributed by atoms with van der Waals surface area (Å²) in [5, 5.41) is 0. The molecule has 2 aromatic rings. The number of benzene rings is 1. The van der Waals surface area contributed by atoms with Crippen LogP contribution in [0.5, 0.6) is 0 Å². The van der Waals surface area contributed by atoms with Gasteiger partial charge in [-0.2, -0.15) is 0 Å². The molecule has 1 aliphatic heterocycles. The summed E-state index contributed by atoms with van der Waals surface area (Å²) >= 11 is 0. The lowest BCUT2D eigenvalue weighted by atomic mass is 10.0. The summed E-state index contributed by atoms with van der Waals surface area (Å²) in [4.78, 5) is 25.8. The number of carbonyl (C=O) groups excluding carboxylic acids is 1. The fourth-order valence-corrected chi connectivity index (χ4v) is 3.20. The number of rotatable bonds is 4.